The van der Waals surface area contributed by atoms with E-state index in [4.69, 9.17) is 11.6 Å². The summed E-state index contributed by atoms with van der Waals surface area (Å²) in [4.78, 5) is 12.2. The van der Waals surface area contributed by atoms with Crippen molar-refractivity contribution in [3.8, 4) is 0 Å². The zero-order valence-corrected chi connectivity index (χ0v) is 13.0. The number of rotatable bonds is 7. The lowest BCUT2D eigenvalue weighted by molar-refractivity contribution is -0.126. The highest BCUT2D eigenvalue weighted by atomic mass is 35.5. The van der Waals surface area contributed by atoms with Gasteiger partial charge in [0.15, 0.2) is 0 Å². The van der Waals surface area contributed by atoms with Gasteiger partial charge in [-0.3, -0.25) is 4.79 Å². The van der Waals surface area contributed by atoms with Crippen molar-refractivity contribution in [1.29, 1.82) is 0 Å². The Hall–Kier alpha value is -0.240. The fraction of sp³-hybridized carbons (Fsp3) is 0.938. The second-order valence-electron chi connectivity index (χ2n) is 6.71. The lowest BCUT2D eigenvalue weighted by Gasteiger charge is -2.28. The van der Waals surface area contributed by atoms with Gasteiger partial charge in [0.05, 0.1) is 0 Å². The molecule has 110 valence electrons. The van der Waals surface area contributed by atoms with Crippen molar-refractivity contribution in [3.63, 3.8) is 0 Å². The van der Waals surface area contributed by atoms with Gasteiger partial charge in [0.2, 0.25) is 5.91 Å². The maximum atomic E-state index is 12.2. The maximum absolute atomic E-state index is 12.2. The highest BCUT2D eigenvalue weighted by molar-refractivity contribution is 6.18. The van der Waals surface area contributed by atoms with Gasteiger partial charge in [-0.05, 0) is 44.4 Å². The Morgan fingerprint density at radius 3 is 2.47 bits per heavy atom. The Balaban J connectivity index is 1.65. The van der Waals surface area contributed by atoms with Gasteiger partial charge in [-0.15, -0.1) is 11.6 Å². The van der Waals surface area contributed by atoms with E-state index in [-0.39, 0.29) is 17.2 Å². The van der Waals surface area contributed by atoms with Crippen LogP contribution >= 0.6 is 11.6 Å². The SMILES string of the molecule is CCCCC1CCC(C(=O)NCC2(CCl)CC2)CC1. The molecular formula is C16H28ClNO. The van der Waals surface area contributed by atoms with Crippen LogP contribution in [0, 0.1) is 17.3 Å². The molecule has 0 aromatic carbocycles. The summed E-state index contributed by atoms with van der Waals surface area (Å²) in [7, 11) is 0. The zero-order chi connectivity index (χ0) is 13.7. The fourth-order valence-corrected chi connectivity index (χ4v) is 3.52. The summed E-state index contributed by atoms with van der Waals surface area (Å²) in [5.41, 5.74) is 0.246. The van der Waals surface area contributed by atoms with Gasteiger partial charge in [0, 0.05) is 23.8 Å². The molecular weight excluding hydrogens is 258 g/mol. The molecule has 2 aliphatic rings. The van der Waals surface area contributed by atoms with Crippen molar-refractivity contribution >= 4 is 17.5 Å². The molecule has 2 saturated carbocycles. The van der Waals surface area contributed by atoms with Crippen molar-refractivity contribution in [2.75, 3.05) is 12.4 Å². The number of hydrogen-bond donors (Lipinski definition) is 1. The summed E-state index contributed by atoms with van der Waals surface area (Å²) in [5.74, 6) is 2.12. The van der Waals surface area contributed by atoms with Crippen LogP contribution in [0.2, 0.25) is 0 Å². The highest BCUT2D eigenvalue weighted by Gasteiger charge is 2.42. The molecule has 0 aromatic heterocycles. The molecule has 0 aliphatic heterocycles. The minimum Gasteiger partial charge on any atom is -0.355 e. The molecule has 0 bridgehead atoms. The first-order chi connectivity index (χ1) is 9.19. The molecule has 0 radical (unpaired) electrons. The summed E-state index contributed by atoms with van der Waals surface area (Å²) in [6.07, 6.45) is 11.0. The third-order valence-corrected chi connectivity index (χ3v) is 5.63. The number of alkyl halides is 1. The molecule has 19 heavy (non-hydrogen) atoms. The second kappa shape index (κ2) is 6.97. The summed E-state index contributed by atoms with van der Waals surface area (Å²) in [6, 6.07) is 0. The zero-order valence-electron chi connectivity index (χ0n) is 12.2. The molecule has 0 atom stereocenters. The monoisotopic (exact) mass is 285 g/mol. The van der Waals surface area contributed by atoms with E-state index in [0.717, 1.165) is 25.3 Å². The van der Waals surface area contributed by atoms with E-state index in [9.17, 15) is 4.79 Å². The predicted octanol–water partition coefficient (Wildman–Crippen LogP) is 4.12. The number of unbranched alkanes of at least 4 members (excludes halogenated alkanes) is 1. The van der Waals surface area contributed by atoms with Gasteiger partial charge in [0.25, 0.3) is 0 Å². The van der Waals surface area contributed by atoms with Gasteiger partial charge >= 0.3 is 0 Å². The van der Waals surface area contributed by atoms with E-state index in [2.05, 4.69) is 12.2 Å². The van der Waals surface area contributed by atoms with E-state index in [1.807, 2.05) is 0 Å². The highest BCUT2D eigenvalue weighted by Crippen LogP contribution is 2.46. The molecule has 0 unspecified atom stereocenters. The van der Waals surface area contributed by atoms with Crippen LogP contribution in [-0.2, 0) is 4.79 Å². The van der Waals surface area contributed by atoms with E-state index in [1.54, 1.807) is 0 Å². The summed E-state index contributed by atoms with van der Waals surface area (Å²) >= 11 is 5.94. The fourth-order valence-electron chi connectivity index (χ4n) is 3.16. The molecule has 2 nitrogen and oxygen atoms in total. The predicted molar refractivity (Wildman–Crippen MR) is 80.4 cm³/mol. The normalized spacial score (nSPS) is 28.9. The Labute approximate surface area is 122 Å². The van der Waals surface area contributed by atoms with Gasteiger partial charge in [-0.25, -0.2) is 0 Å². The first-order valence-corrected chi connectivity index (χ1v) is 8.56. The maximum Gasteiger partial charge on any atom is 0.223 e. The van der Waals surface area contributed by atoms with Crippen LogP contribution in [0.1, 0.15) is 64.7 Å². The largest absolute Gasteiger partial charge is 0.355 e. The molecule has 2 rings (SSSR count). The average molecular weight is 286 g/mol. The van der Waals surface area contributed by atoms with Crippen LogP contribution in [-0.4, -0.2) is 18.3 Å². The quantitative estimate of drug-likeness (QED) is 0.701. The van der Waals surface area contributed by atoms with Crippen molar-refractivity contribution in [1.82, 2.24) is 5.32 Å². The van der Waals surface area contributed by atoms with Gasteiger partial charge in [-0.2, -0.15) is 0 Å². The summed E-state index contributed by atoms with van der Waals surface area (Å²) in [5, 5.41) is 3.14. The van der Waals surface area contributed by atoms with Crippen LogP contribution in [0.5, 0.6) is 0 Å². The molecule has 3 heteroatoms. The number of halogens is 1. The minimum atomic E-state index is 0.246. The van der Waals surface area contributed by atoms with Gasteiger partial charge in [-0.1, -0.05) is 26.2 Å². The Morgan fingerprint density at radius 1 is 1.26 bits per heavy atom. The Bertz CT molecular complexity index is 293. The van der Waals surface area contributed by atoms with Crippen LogP contribution in [0.4, 0.5) is 0 Å². The van der Waals surface area contributed by atoms with Crippen molar-refractivity contribution in [2.45, 2.75) is 64.7 Å². The summed E-state index contributed by atoms with van der Waals surface area (Å²) in [6.45, 7) is 3.05. The molecule has 1 amide bonds. The standard InChI is InChI=1S/C16H28ClNO/c1-2-3-4-13-5-7-14(8-6-13)15(19)18-12-16(11-17)9-10-16/h13-14H,2-12H2,1H3,(H,18,19). The van der Waals surface area contributed by atoms with Crippen LogP contribution in [0.25, 0.3) is 0 Å². The first-order valence-electron chi connectivity index (χ1n) is 8.03. The number of carbonyl (C=O) groups excluding carboxylic acids is 1. The molecule has 0 aromatic rings. The molecule has 0 heterocycles. The van der Waals surface area contributed by atoms with Crippen molar-refractivity contribution in [3.05, 3.63) is 0 Å². The molecule has 2 fully saturated rings. The third kappa shape index (κ3) is 4.37. The minimum absolute atomic E-state index is 0.246. The Morgan fingerprint density at radius 2 is 1.95 bits per heavy atom. The number of carbonyl (C=O) groups is 1. The molecule has 2 aliphatic carbocycles. The number of amides is 1. The number of hydrogen-bond acceptors (Lipinski definition) is 1. The average Bonchev–Trinajstić information content (AvgIpc) is 3.24. The van der Waals surface area contributed by atoms with E-state index in [1.165, 1.54) is 44.9 Å². The van der Waals surface area contributed by atoms with Crippen molar-refractivity contribution in [2.24, 2.45) is 17.3 Å². The van der Waals surface area contributed by atoms with E-state index >= 15 is 0 Å². The molecule has 0 spiro atoms. The summed E-state index contributed by atoms with van der Waals surface area (Å²) < 4.78 is 0. The van der Waals surface area contributed by atoms with E-state index in [0.29, 0.717) is 5.88 Å². The third-order valence-electron chi connectivity index (χ3n) is 5.06. The first kappa shape index (κ1) is 15.2. The van der Waals surface area contributed by atoms with Crippen molar-refractivity contribution < 1.29 is 4.79 Å². The molecule has 1 N–H and O–H groups in total. The molecule has 0 saturated heterocycles. The van der Waals surface area contributed by atoms with E-state index < -0.39 is 0 Å². The lowest BCUT2D eigenvalue weighted by Crippen LogP contribution is -2.37. The van der Waals surface area contributed by atoms with Crippen LogP contribution in [0.15, 0.2) is 0 Å². The van der Waals surface area contributed by atoms with Crippen LogP contribution in [0.3, 0.4) is 0 Å². The lowest BCUT2D eigenvalue weighted by atomic mass is 9.79. The van der Waals surface area contributed by atoms with Crippen LogP contribution < -0.4 is 5.32 Å². The van der Waals surface area contributed by atoms with Gasteiger partial charge < -0.3 is 5.32 Å². The topological polar surface area (TPSA) is 29.1 Å². The van der Waals surface area contributed by atoms with Gasteiger partial charge in [0.1, 0.15) is 0 Å². The number of nitrogens with one attached hydrogen (secondary N) is 1. The Kier molecular flexibility index (Phi) is 5.56. The smallest absolute Gasteiger partial charge is 0.223 e. The second-order valence-corrected chi connectivity index (χ2v) is 6.98.